The summed E-state index contributed by atoms with van der Waals surface area (Å²) in [5.74, 6) is 0.798. The maximum Gasteiger partial charge on any atom is 0.257 e. The van der Waals surface area contributed by atoms with Crippen molar-refractivity contribution in [3.05, 3.63) is 28.8 Å². The van der Waals surface area contributed by atoms with Crippen LogP contribution in [0.5, 0.6) is 5.75 Å². The van der Waals surface area contributed by atoms with Crippen LogP contribution in [0.3, 0.4) is 0 Å². The fourth-order valence-electron chi connectivity index (χ4n) is 1.52. The molecule has 0 unspecified atom stereocenters. The van der Waals surface area contributed by atoms with Crippen LogP contribution in [0.4, 0.5) is 0 Å². The molecule has 1 rings (SSSR count). The molecule has 1 aromatic carbocycles. The number of halogens is 2. The molecule has 0 aliphatic rings. The van der Waals surface area contributed by atoms with Crippen molar-refractivity contribution < 1.29 is 9.53 Å². The first-order chi connectivity index (χ1) is 8.13. The van der Waals surface area contributed by atoms with Gasteiger partial charge in [-0.2, -0.15) is 0 Å². The van der Waals surface area contributed by atoms with Crippen molar-refractivity contribution >= 4 is 29.1 Å². The van der Waals surface area contributed by atoms with Gasteiger partial charge in [0.05, 0.1) is 12.7 Å². The molecule has 1 amide bonds. The highest BCUT2D eigenvalue weighted by atomic mass is 35.5. The van der Waals surface area contributed by atoms with Crippen LogP contribution in [0.25, 0.3) is 0 Å². The average Bonchev–Trinajstić information content (AvgIpc) is 2.34. The van der Waals surface area contributed by atoms with Gasteiger partial charge < -0.3 is 9.64 Å². The number of alkyl halides is 1. The quantitative estimate of drug-likeness (QED) is 0.773. The summed E-state index contributed by atoms with van der Waals surface area (Å²) in [5.41, 5.74) is 0.504. The maximum absolute atomic E-state index is 12.2. The molecule has 0 bridgehead atoms. The Kier molecular flexibility index (Phi) is 5.59. The molecule has 0 N–H and O–H groups in total. The van der Waals surface area contributed by atoms with Gasteiger partial charge in [-0.1, -0.05) is 11.6 Å². The molecule has 3 nitrogen and oxygen atoms in total. The van der Waals surface area contributed by atoms with Gasteiger partial charge in [0.15, 0.2) is 0 Å². The monoisotopic (exact) mass is 275 g/mol. The van der Waals surface area contributed by atoms with Crippen LogP contribution in [0.2, 0.25) is 5.02 Å². The molecule has 0 saturated heterocycles. The third-order valence-electron chi connectivity index (χ3n) is 2.42. The predicted molar refractivity (Wildman–Crippen MR) is 70.3 cm³/mol. The zero-order valence-corrected chi connectivity index (χ0v) is 11.4. The van der Waals surface area contributed by atoms with Crippen LogP contribution in [0.15, 0.2) is 18.2 Å². The Morgan fingerprint density at radius 2 is 2.18 bits per heavy atom. The third-order valence-corrected chi connectivity index (χ3v) is 2.82. The van der Waals surface area contributed by atoms with Crippen LogP contribution < -0.4 is 4.74 Å². The average molecular weight is 276 g/mol. The number of benzene rings is 1. The summed E-state index contributed by atoms with van der Waals surface area (Å²) in [7, 11) is 1.51. The van der Waals surface area contributed by atoms with E-state index in [4.69, 9.17) is 27.9 Å². The minimum Gasteiger partial charge on any atom is -0.496 e. The molecule has 0 aliphatic carbocycles. The molecule has 5 heteroatoms. The Bertz CT molecular complexity index is 396. The standard InChI is InChI=1S/C12H15Cl2NO2/c1-3-15(7-6-13)12(16)10-5-4-9(14)8-11(10)17-2/h4-5,8H,3,6-7H2,1-2H3. The van der Waals surface area contributed by atoms with E-state index in [0.717, 1.165) is 0 Å². The van der Waals surface area contributed by atoms with E-state index in [0.29, 0.717) is 35.3 Å². The Morgan fingerprint density at radius 1 is 1.47 bits per heavy atom. The van der Waals surface area contributed by atoms with E-state index in [2.05, 4.69) is 0 Å². The van der Waals surface area contributed by atoms with E-state index in [1.54, 1.807) is 23.1 Å². The zero-order valence-electron chi connectivity index (χ0n) is 9.87. The number of hydrogen-bond donors (Lipinski definition) is 0. The van der Waals surface area contributed by atoms with Crippen LogP contribution in [0, 0.1) is 0 Å². The number of carbonyl (C=O) groups excluding carboxylic acids is 1. The molecule has 0 aromatic heterocycles. The molecule has 0 heterocycles. The molecule has 0 saturated carbocycles. The number of hydrogen-bond acceptors (Lipinski definition) is 2. The van der Waals surface area contributed by atoms with Crippen molar-refractivity contribution in [1.82, 2.24) is 4.90 Å². The minimum absolute atomic E-state index is 0.0957. The van der Waals surface area contributed by atoms with Gasteiger partial charge in [0.2, 0.25) is 0 Å². The summed E-state index contributed by atoms with van der Waals surface area (Å²) in [6, 6.07) is 4.97. The van der Waals surface area contributed by atoms with Crippen LogP contribution in [-0.2, 0) is 0 Å². The largest absolute Gasteiger partial charge is 0.496 e. The smallest absolute Gasteiger partial charge is 0.257 e. The predicted octanol–water partition coefficient (Wildman–Crippen LogP) is 3.05. The van der Waals surface area contributed by atoms with Crippen molar-refractivity contribution in [2.75, 3.05) is 26.1 Å². The lowest BCUT2D eigenvalue weighted by Gasteiger charge is -2.20. The van der Waals surface area contributed by atoms with Gasteiger partial charge in [-0.05, 0) is 25.1 Å². The van der Waals surface area contributed by atoms with Crippen molar-refractivity contribution in [2.45, 2.75) is 6.92 Å². The van der Waals surface area contributed by atoms with Crippen LogP contribution in [0.1, 0.15) is 17.3 Å². The lowest BCUT2D eigenvalue weighted by molar-refractivity contribution is 0.0770. The van der Waals surface area contributed by atoms with E-state index >= 15 is 0 Å². The molecule has 94 valence electrons. The highest BCUT2D eigenvalue weighted by Crippen LogP contribution is 2.24. The van der Waals surface area contributed by atoms with Crippen LogP contribution in [-0.4, -0.2) is 36.9 Å². The van der Waals surface area contributed by atoms with Crippen molar-refractivity contribution in [2.24, 2.45) is 0 Å². The summed E-state index contributed by atoms with van der Waals surface area (Å²) in [5, 5.41) is 0.541. The van der Waals surface area contributed by atoms with Crippen LogP contribution >= 0.6 is 23.2 Å². The topological polar surface area (TPSA) is 29.5 Å². The van der Waals surface area contributed by atoms with E-state index in [1.807, 2.05) is 6.92 Å². The second-order valence-electron chi connectivity index (χ2n) is 3.42. The Labute approximate surface area is 111 Å². The summed E-state index contributed by atoms with van der Waals surface area (Å²) < 4.78 is 5.16. The maximum atomic E-state index is 12.2. The lowest BCUT2D eigenvalue weighted by Crippen LogP contribution is -2.32. The number of amides is 1. The second-order valence-corrected chi connectivity index (χ2v) is 4.23. The van der Waals surface area contributed by atoms with Gasteiger partial charge in [0, 0.05) is 24.0 Å². The van der Waals surface area contributed by atoms with E-state index in [9.17, 15) is 4.79 Å². The molecule has 0 radical (unpaired) electrons. The van der Waals surface area contributed by atoms with E-state index in [1.165, 1.54) is 7.11 Å². The van der Waals surface area contributed by atoms with Crippen molar-refractivity contribution in [1.29, 1.82) is 0 Å². The van der Waals surface area contributed by atoms with Crippen molar-refractivity contribution in [3.63, 3.8) is 0 Å². The minimum atomic E-state index is -0.0957. The first-order valence-corrected chi connectivity index (χ1v) is 6.24. The van der Waals surface area contributed by atoms with Gasteiger partial charge in [0.25, 0.3) is 5.91 Å². The molecule has 0 aliphatic heterocycles. The third kappa shape index (κ3) is 3.51. The summed E-state index contributed by atoms with van der Waals surface area (Å²) in [6.07, 6.45) is 0. The fourth-order valence-corrected chi connectivity index (χ4v) is 1.88. The zero-order chi connectivity index (χ0) is 12.8. The van der Waals surface area contributed by atoms with Gasteiger partial charge >= 0.3 is 0 Å². The first-order valence-electron chi connectivity index (χ1n) is 5.32. The Balaban J connectivity index is 3.02. The highest BCUT2D eigenvalue weighted by Gasteiger charge is 2.18. The van der Waals surface area contributed by atoms with Gasteiger partial charge in [-0.25, -0.2) is 0 Å². The number of nitrogens with zero attached hydrogens (tertiary/aromatic N) is 1. The van der Waals surface area contributed by atoms with Gasteiger partial charge in [0.1, 0.15) is 5.75 Å². The number of rotatable bonds is 5. The summed E-state index contributed by atoms with van der Waals surface area (Å²) in [6.45, 7) is 3.03. The lowest BCUT2D eigenvalue weighted by atomic mass is 10.1. The second kappa shape index (κ2) is 6.72. The molecule has 0 atom stereocenters. The summed E-state index contributed by atoms with van der Waals surface area (Å²) >= 11 is 11.5. The summed E-state index contributed by atoms with van der Waals surface area (Å²) in [4.78, 5) is 13.9. The Morgan fingerprint density at radius 3 is 2.71 bits per heavy atom. The Hall–Kier alpha value is -0.930. The first kappa shape index (κ1) is 14.1. The van der Waals surface area contributed by atoms with E-state index < -0.39 is 0 Å². The normalized spacial score (nSPS) is 10.1. The van der Waals surface area contributed by atoms with E-state index in [-0.39, 0.29) is 5.91 Å². The molecule has 1 aromatic rings. The molecule has 0 fully saturated rings. The SMILES string of the molecule is CCN(CCCl)C(=O)c1ccc(Cl)cc1OC. The molecule has 17 heavy (non-hydrogen) atoms. The number of methoxy groups -OCH3 is 1. The molecule has 0 spiro atoms. The number of ether oxygens (including phenoxy) is 1. The highest BCUT2D eigenvalue weighted by molar-refractivity contribution is 6.30. The van der Waals surface area contributed by atoms with Crippen molar-refractivity contribution in [3.8, 4) is 5.75 Å². The fraction of sp³-hybridized carbons (Fsp3) is 0.417. The molecular formula is C12H15Cl2NO2. The number of carbonyl (C=O) groups is 1. The van der Waals surface area contributed by atoms with Gasteiger partial charge in [-0.3, -0.25) is 4.79 Å². The molecular weight excluding hydrogens is 261 g/mol. The van der Waals surface area contributed by atoms with Gasteiger partial charge in [-0.15, -0.1) is 11.6 Å².